The van der Waals surface area contributed by atoms with E-state index < -0.39 is 10.0 Å². The largest absolute Gasteiger partial charge is 0.398 e. The molecule has 0 spiro atoms. The minimum Gasteiger partial charge on any atom is -0.398 e. The Morgan fingerprint density at radius 2 is 1.95 bits per heavy atom. The van der Waals surface area contributed by atoms with Gasteiger partial charge in [0.1, 0.15) is 0 Å². The summed E-state index contributed by atoms with van der Waals surface area (Å²) in [7, 11) is -2.01. The van der Waals surface area contributed by atoms with Crippen molar-refractivity contribution in [1.29, 1.82) is 0 Å². The lowest BCUT2D eigenvalue weighted by molar-refractivity contribution is 0.167. The van der Waals surface area contributed by atoms with E-state index in [9.17, 15) is 8.42 Å². The SMILES string of the molecule is CCC(C)N(CCOC)S(=O)(=O)c1cc(C)c(C)c(N)c1. The molecule has 0 amide bonds. The maximum atomic E-state index is 12.9. The van der Waals surface area contributed by atoms with E-state index in [1.807, 2.05) is 27.7 Å². The molecule has 1 aromatic rings. The van der Waals surface area contributed by atoms with E-state index >= 15 is 0 Å². The van der Waals surface area contributed by atoms with Crippen LogP contribution in [0.5, 0.6) is 0 Å². The van der Waals surface area contributed by atoms with Crippen molar-refractivity contribution in [2.45, 2.75) is 45.1 Å². The number of ether oxygens (including phenoxy) is 1. The third-order valence-electron chi connectivity index (χ3n) is 3.89. The van der Waals surface area contributed by atoms with Crippen molar-refractivity contribution in [3.8, 4) is 0 Å². The minimum absolute atomic E-state index is 0.0898. The van der Waals surface area contributed by atoms with Gasteiger partial charge in [0.2, 0.25) is 10.0 Å². The number of sulfonamides is 1. The van der Waals surface area contributed by atoms with Gasteiger partial charge in [-0.1, -0.05) is 6.92 Å². The van der Waals surface area contributed by atoms with Crippen LogP contribution in [0.3, 0.4) is 0 Å². The smallest absolute Gasteiger partial charge is 0.243 e. The minimum atomic E-state index is -3.57. The van der Waals surface area contributed by atoms with Gasteiger partial charge in [0.25, 0.3) is 0 Å². The summed E-state index contributed by atoms with van der Waals surface area (Å²) in [5.74, 6) is 0. The first-order valence-electron chi connectivity index (χ1n) is 7.13. The Morgan fingerprint density at radius 3 is 2.43 bits per heavy atom. The first kappa shape index (κ1) is 17.9. The Labute approximate surface area is 128 Å². The molecule has 1 unspecified atom stereocenters. The Balaban J connectivity index is 3.28. The molecule has 0 aromatic heterocycles. The van der Waals surface area contributed by atoms with Crippen LogP contribution in [0.4, 0.5) is 5.69 Å². The van der Waals surface area contributed by atoms with Crippen molar-refractivity contribution in [3.63, 3.8) is 0 Å². The number of rotatable bonds is 7. The maximum Gasteiger partial charge on any atom is 0.243 e. The molecule has 0 aliphatic carbocycles. The molecule has 0 aliphatic heterocycles. The molecule has 0 fully saturated rings. The zero-order chi connectivity index (χ0) is 16.2. The molecular formula is C15H26N2O3S. The maximum absolute atomic E-state index is 12.9. The van der Waals surface area contributed by atoms with Crippen LogP contribution in [0.25, 0.3) is 0 Å². The quantitative estimate of drug-likeness (QED) is 0.784. The lowest BCUT2D eigenvalue weighted by Gasteiger charge is -2.28. The zero-order valence-electron chi connectivity index (χ0n) is 13.5. The van der Waals surface area contributed by atoms with E-state index in [2.05, 4.69) is 0 Å². The summed E-state index contributed by atoms with van der Waals surface area (Å²) in [4.78, 5) is 0.250. The summed E-state index contributed by atoms with van der Waals surface area (Å²) >= 11 is 0. The second kappa shape index (κ2) is 7.24. The average Bonchev–Trinajstić information content (AvgIpc) is 2.43. The van der Waals surface area contributed by atoms with Crippen LogP contribution in [-0.4, -0.2) is 39.0 Å². The van der Waals surface area contributed by atoms with E-state index in [0.29, 0.717) is 18.8 Å². The lowest BCUT2D eigenvalue weighted by atomic mass is 10.1. The molecule has 0 saturated heterocycles. The number of methoxy groups -OCH3 is 1. The summed E-state index contributed by atoms with van der Waals surface area (Å²) in [6.45, 7) is 8.32. The summed E-state index contributed by atoms with van der Waals surface area (Å²) in [5, 5.41) is 0. The van der Waals surface area contributed by atoms with E-state index in [-0.39, 0.29) is 10.9 Å². The number of nitrogens with two attached hydrogens (primary N) is 1. The Hall–Kier alpha value is -1.11. The number of benzene rings is 1. The van der Waals surface area contributed by atoms with Gasteiger partial charge in [-0.05, 0) is 50.5 Å². The van der Waals surface area contributed by atoms with E-state index in [4.69, 9.17) is 10.5 Å². The van der Waals surface area contributed by atoms with Gasteiger partial charge in [0.15, 0.2) is 0 Å². The Morgan fingerprint density at radius 1 is 1.33 bits per heavy atom. The van der Waals surface area contributed by atoms with Crippen LogP contribution in [-0.2, 0) is 14.8 Å². The Bertz CT molecular complexity index is 562. The highest BCUT2D eigenvalue weighted by atomic mass is 32.2. The van der Waals surface area contributed by atoms with E-state index in [1.165, 1.54) is 4.31 Å². The van der Waals surface area contributed by atoms with Gasteiger partial charge in [-0.25, -0.2) is 8.42 Å². The van der Waals surface area contributed by atoms with Gasteiger partial charge in [-0.2, -0.15) is 4.31 Å². The molecular weight excluding hydrogens is 288 g/mol. The molecule has 5 nitrogen and oxygen atoms in total. The fraction of sp³-hybridized carbons (Fsp3) is 0.600. The summed E-state index contributed by atoms with van der Waals surface area (Å²) in [6, 6.07) is 3.14. The molecule has 1 atom stereocenters. The fourth-order valence-corrected chi connectivity index (χ4v) is 3.91. The van der Waals surface area contributed by atoms with Crippen molar-refractivity contribution in [1.82, 2.24) is 4.31 Å². The number of nitrogens with zero attached hydrogens (tertiary/aromatic N) is 1. The van der Waals surface area contributed by atoms with Gasteiger partial charge in [-0.15, -0.1) is 0 Å². The molecule has 2 N–H and O–H groups in total. The number of hydrogen-bond acceptors (Lipinski definition) is 4. The normalized spacial score (nSPS) is 13.6. The standard InChI is InChI=1S/C15H26N2O3S/c1-6-12(3)17(7-8-20-5)21(18,19)14-9-11(2)13(4)15(16)10-14/h9-10,12H,6-8,16H2,1-5H3. The first-order chi connectivity index (χ1) is 9.75. The van der Waals surface area contributed by atoms with E-state index in [0.717, 1.165) is 17.5 Å². The molecule has 0 heterocycles. The molecule has 6 heteroatoms. The number of aryl methyl sites for hydroxylation is 1. The highest BCUT2D eigenvalue weighted by Gasteiger charge is 2.28. The van der Waals surface area contributed by atoms with Gasteiger partial charge in [0, 0.05) is 25.4 Å². The third kappa shape index (κ3) is 3.96. The molecule has 0 radical (unpaired) electrons. The van der Waals surface area contributed by atoms with Crippen LogP contribution >= 0.6 is 0 Å². The topological polar surface area (TPSA) is 72.6 Å². The van der Waals surface area contributed by atoms with Crippen molar-refractivity contribution in [2.24, 2.45) is 0 Å². The summed E-state index contributed by atoms with van der Waals surface area (Å²) < 4.78 is 32.3. The molecule has 1 aromatic carbocycles. The van der Waals surface area contributed by atoms with Crippen LogP contribution in [0.2, 0.25) is 0 Å². The zero-order valence-corrected chi connectivity index (χ0v) is 14.3. The molecule has 0 aliphatic rings. The van der Waals surface area contributed by atoms with Gasteiger partial charge in [0.05, 0.1) is 11.5 Å². The van der Waals surface area contributed by atoms with E-state index in [1.54, 1.807) is 19.2 Å². The fourth-order valence-electron chi connectivity index (χ4n) is 2.10. The van der Waals surface area contributed by atoms with Crippen LogP contribution in [0, 0.1) is 13.8 Å². The monoisotopic (exact) mass is 314 g/mol. The van der Waals surface area contributed by atoms with Gasteiger partial charge >= 0.3 is 0 Å². The van der Waals surface area contributed by atoms with Gasteiger partial charge in [-0.3, -0.25) is 0 Å². The van der Waals surface area contributed by atoms with Crippen molar-refractivity contribution in [3.05, 3.63) is 23.3 Å². The molecule has 1 rings (SSSR count). The predicted molar refractivity (Wildman–Crippen MR) is 85.8 cm³/mol. The first-order valence-corrected chi connectivity index (χ1v) is 8.57. The van der Waals surface area contributed by atoms with Crippen LogP contribution in [0.15, 0.2) is 17.0 Å². The average molecular weight is 314 g/mol. The molecule has 0 saturated carbocycles. The third-order valence-corrected chi connectivity index (χ3v) is 5.88. The second-order valence-electron chi connectivity index (χ2n) is 5.32. The molecule has 21 heavy (non-hydrogen) atoms. The predicted octanol–water partition coefficient (Wildman–Crippen LogP) is 2.32. The summed E-state index contributed by atoms with van der Waals surface area (Å²) in [6.07, 6.45) is 0.739. The van der Waals surface area contributed by atoms with Gasteiger partial charge < -0.3 is 10.5 Å². The highest BCUT2D eigenvalue weighted by Crippen LogP contribution is 2.25. The summed E-state index contributed by atoms with van der Waals surface area (Å²) in [5.41, 5.74) is 8.22. The number of nitrogen functional groups attached to an aromatic ring is 1. The van der Waals surface area contributed by atoms with Crippen LogP contribution in [0.1, 0.15) is 31.4 Å². The lowest BCUT2D eigenvalue weighted by Crippen LogP contribution is -2.40. The van der Waals surface area contributed by atoms with Crippen LogP contribution < -0.4 is 5.73 Å². The van der Waals surface area contributed by atoms with Crippen molar-refractivity contribution in [2.75, 3.05) is 26.0 Å². The highest BCUT2D eigenvalue weighted by molar-refractivity contribution is 7.89. The second-order valence-corrected chi connectivity index (χ2v) is 7.21. The number of hydrogen-bond donors (Lipinski definition) is 1. The Kier molecular flexibility index (Phi) is 6.19. The number of anilines is 1. The van der Waals surface area contributed by atoms with Crippen molar-refractivity contribution < 1.29 is 13.2 Å². The van der Waals surface area contributed by atoms with Crippen molar-refractivity contribution >= 4 is 15.7 Å². The molecule has 120 valence electrons. The molecule has 0 bridgehead atoms.